The molecule has 2 amide bonds. The van der Waals surface area contributed by atoms with Crippen molar-refractivity contribution in [3.63, 3.8) is 0 Å². The van der Waals surface area contributed by atoms with E-state index in [1.165, 1.54) is 6.92 Å². The molecule has 3 aliphatic heterocycles. The highest BCUT2D eigenvalue weighted by Gasteiger charge is 2.50. The van der Waals surface area contributed by atoms with Gasteiger partial charge in [-0.05, 0) is 42.5 Å². The monoisotopic (exact) mass is 515 g/mol. The Morgan fingerprint density at radius 2 is 1.84 bits per heavy atom. The molecule has 4 heterocycles. The van der Waals surface area contributed by atoms with Crippen LogP contribution in [-0.4, -0.2) is 86.8 Å². The number of aliphatic imine (C=N–C) groups is 1. The number of fused-ring (bicyclic) bond motifs is 1. The molecule has 0 radical (unpaired) electrons. The Morgan fingerprint density at radius 1 is 1.13 bits per heavy atom. The zero-order valence-corrected chi connectivity index (χ0v) is 21.8. The molecule has 2 fully saturated rings. The molecule has 6 rings (SSSR count). The number of likely N-dealkylation sites (tertiary alicyclic amines) is 1. The molecule has 9 nitrogen and oxygen atoms in total. The summed E-state index contributed by atoms with van der Waals surface area (Å²) in [6, 6.07) is 14.5. The first-order chi connectivity index (χ1) is 18.3. The van der Waals surface area contributed by atoms with E-state index in [9.17, 15) is 14.7 Å². The van der Waals surface area contributed by atoms with Gasteiger partial charge in [0.15, 0.2) is 0 Å². The lowest BCUT2D eigenvalue weighted by atomic mass is 9.90. The van der Waals surface area contributed by atoms with Crippen LogP contribution in [0.25, 0.3) is 22.0 Å². The van der Waals surface area contributed by atoms with Gasteiger partial charge in [0.1, 0.15) is 17.5 Å². The van der Waals surface area contributed by atoms with Gasteiger partial charge in [-0.25, -0.2) is 0 Å². The molecule has 0 bridgehead atoms. The Morgan fingerprint density at radius 3 is 2.58 bits per heavy atom. The van der Waals surface area contributed by atoms with Gasteiger partial charge < -0.3 is 14.7 Å². The summed E-state index contributed by atoms with van der Waals surface area (Å²) in [4.78, 5) is 34.7. The summed E-state index contributed by atoms with van der Waals surface area (Å²) < 4.78 is 7.42. The van der Waals surface area contributed by atoms with Crippen LogP contribution in [0.15, 0.2) is 53.7 Å². The van der Waals surface area contributed by atoms with Gasteiger partial charge in [-0.15, -0.1) is 0 Å². The third-order valence-corrected chi connectivity index (χ3v) is 8.16. The SMILES string of the molecule is CC(O)C(=O)N1CC[C@@H](CN2C(=O)C3(CCOCC3)N=C2c2ccc(-c3ccc4c(cnn4C)c3)cc2)C1. The van der Waals surface area contributed by atoms with Crippen LogP contribution in [0.2, 0.25) is 0 Å². The molecule has 3 aromatic rings. The third-order valence-electron chi connectivity index (χ3n) is 8.16. The van der Waals surface area contributed by atoms with Gasteiger partial charge in [-0.3, -0.25) is 24.2 Å². The number of ether oxygens (including phenoxy) is 1. The summed E-state index contributed by atoms with van der Waals surface area (Å²) in [6.07, 6.45) is 2.80. The molecule has 9 heteroatoms. The summed E-state index contributed by atoms with van der Waals surface area (Å²) in [5, 5.41) is 15.1. The van der Waals surface area contributed by atoms with Crippen molar-refractivity contribution >= 4 is 28.6 Å². The second-order valence-corrected chi connectivity index (χ2v) is 10.7. The Hall–Kier alpha value is -3.56. The predicted octanol–water partition coefficient (Wildman–Crippen LogP) is 2.61. The molecule has 1 unspecified atom stereocenters. The van der Waals surface area contributed by atoms with Gasteiger partial charge in [-0.2, -0.15) is 5.10 Å². The van der Waals surface area contributed by atoms with Crippen molar-refractivity contribution in [1.82, 2.24) is 19.6 Å². The number of nitrogens with zero attached hydrogens (tertiary/aromatic N) is 5. The third kappa shape index (κ3) is 4.29. The van der Waals surface area contributed by atoms with Crippen LogP contribution in [0, 0.1) is 5.92 Å². The highest BCUT2D eigenvalue weighted by atomic mass is 16.5. The normalized spacial score (nSPS) is 21.9. The maximum Gasteiger partial charge on any atom is 0.256 e. The van der Waals surface area contributed by atoms with Gasteiger partial charge in [0.2, 0.25) is 0 Å². The molecule has 1 spiro atoms. The average Bonchev–Trinajstić information content (AvgIpc) is 3.62. The molecule has 2 aromatic carbocycles. The van der Waals surface area contributed by atoms with E-state index in [-0.39, 0.29) is 17.7 Å². The Bertz CT molecular complexity index is 1400. The Kier molecular flexibility index (Phi) is 6.28. The number of aryl methyl sites for hydroxylation is 1. The first-order valence-corrected chi connectivity index (χ1v) is 13.3. The van der Waals surface area contributed by atoms with Crippen LogP contribution < -0.4 is 0 Å². The van der Waals surface area contributed by atoms with Gasteiger partial charge in [0.25, 0.3) is 11.8 Å². The number of amidine groups is 1. The van der Waals surface area contributed by atoms with Crippen molar-refractivity contribution in [2.45, 2.75) is 37.8 Å². The summed E-state index contributed by atoms with van der Waals surface area (Å²) >= 11 is 0. The molecule has 198 valence electrons. The average molecular weight is 516 g/mol. The van der Waals surface area contributed by atoms with Crippen LogP contribution >= 0.6 is 0 Å². The molecule has 0 saturated carbocycles. The molecule has 0 aliphatic carbocycles. The topological polar surface area (TPSA) is 100 Å². The number of carbonyl (C=O) groups excluding carboxylic acids is 2. The zero-order chi connectivity index (χ0) is 26.4. The summed E-state index contributed by atoms with van der Waals surface area (Å²) in [6.45, 7) is 4.17. The van der Waals surface area contributed by atoms with E-state index >= 15 is 0 Å². The number of amides is 2. The summed E-state index contributed by atoms with van der Waals surface area (Å²) in [5.74, 6) is 0.607. The fourth-order valence-electron chi connectivity index (χ4n) is 5.94. The van der Waals surface area contributed by atoms with Crippen molar-refractivity contribution < 1.29 is 19.4 Å². The van der Waals surface area contributed by atoms with E-state index in [2.05, 4.69) is 35.4 Å². The molecular weight excluding hydrogens is 482 g/mol. The van der Waals surface area contributed by atoms with Crippen LogP contribution in [0.4, 0.5) is 0 Å². The minimum atomic E-state index is -1.01. The number of aliphatic hydroxyl groups is 1. The summed E-state index contributed by atoms with van der Waals surface area (Å²) in [5.41, 5.74) is 3.41. The minimum Gasteiger partial charge on any atom is -0.384 e. The number of hydrogen-bond acceptors (Lipinski definition) is 6. The lowest BCUT2D eigenvalue weighted by Crippen LogP contribution is -2.47. The molecule has 2 atom stereocenters. The second-order valence-electron chi connectivity index (χ2n) is 10.7. The lowest BCUT2D eigenvalue weighted by molar-refractivity contribution is -0.138. The predicted molar refractivity (Wildman–Crippen MR) is 144 cm³/mol. The van der Waals surface area contributed by atoms with Gasteiger partial charge in [-0.1, -0.05) is 30.3 Å². The van der Waals surface area contributed by atoms with Crippen LogP contribution in [-0.2, 0) is 21.4 Å². The smallest absolute Gasteiger partial charge is 0.256 e. The largest absolute Gasteiger partial charge is 0.384 e. The number of benzene rings is 2. The molecule has 3 aliphatic rings. The van der Waals surface area contributed by atoms with Crippen LogP contribution in [0.1, 0.15) is 31.7 Å². The van der Waals surface area contributed by atoms with E-state index in [0.717, 1.165) is 34.0 Å². The fraction of sp³-hybridized carbons (Fsp3) is 0.448. The zero-order valence-electron chi connectivity index (χ0n) is 21.8. The van der Waals surface area contributed by atoms with Crippen LogP contribution in [0.3, 0.4) is 0 Å². The van der Waals surface area contributed by atoms with Crippen molar-refractivity contribution in [2.75, 3.05) is 32.8 Å². The Balaban J connectivity index is 1.27. The van der Waals surface area contributed by atoms with Crippen molar-refractivity contribution in [3.8, 4) is 11.1 Å². The van der Waals surface area contributed by atoms with Crippen molar-refractivity contribution in [2.24, 2.45) is 18.0 Å². The van der Waals surface area contributed by atoms with Gasteiger partial charge >= 0.3 is 0 Å². The molecule has 1 N–H and O–H groups in total. The second kappa shape index (κ2) is 9.63. The van der Waals surface area contributed by atoms with Crippen molar-refractivity contribution in [1.29, 1.82) is 0 Å². The number of rotatable bonds is 5. The highest BCUT2D eigenvalue weighted by molar-refractivity contribution is 6.15. The maximum absolute atomic E-state index is 13.8. The number of aliphatic hydroxyl groups excluding tert-OH is 1. The number of carbonyl (C=O) groups is 2. The Labute approximate surface area is 221 Å². The van der Waals surface area contributed by atoms with E-state index in [1.807, 2.05) is 35.0 Å². The maximum atomic E-state index is 13.8. The van der Waals surface area contributed by atoms with E-state index in [1.54, 1.807) is 4.90 Å². The van der Waals surface area contributed by atoms with Gasteiger partial charge in [0.05, 0.1) is 11.7 Å². The number of aromatic nitrogens is 2. The van der Waals surface area contributed by atoms with Crippen LogP contribution in [0.5, 0.6) is 0 Å². The van der Waals surface area contributed by atoms with E-state index < -0.39 is 11.6 Å². The first kappa shape index (κ1) is 24.8. The van der Waals surface area contributed by atoms with Crippen molar-refractivity contribution in [3.05, 3.63) is 54.2 Å². The number of hydrogen-bond donors (Lipinski definition) is 1. The van der Waals surface area contributed by atoms with E-state index in [0.29, 0.717) is 51.5 Å². The molecule has 2 saturated heterocycles. The standard InChI is InChI=1S/C29H33N5O4/c1-19(35)27(36)33-12-9-20(17-33)18-34-26(31-29(28(34)37)10-13-38-14-11-29)22-5-3-21(4-6-22)23-7-8-25-24(15-23)16-30-32(25)2/h3-8,15-16,19-20,35H,9-14,17-18H2,1-2H3/t19?,20-/m1/s1. The first-order valence-electron chi connectivity index (χ1n) is 13.3. The van der Waals surface area contributed by atoms with E-state index in [4.69, 9.17) is 9.73 Å². The fourth-order valence-corrected chi connectivity index (χ4v) is 5.94. The molecule has 38 heavy (non-hydrogen) atoms. The molecular formula is C29H33N5O4. The molecule has 1 aromatic heterocycles. The summed E-state index contributed by atoms with van der Waals surface area (Å²) in [7, 11) is 1.94. The minimum absolute atomic E-state index is 0.0298. The lowest BCUT2D eigenvalue weighted by Gasteiger charge is -2.30. The quantitative estimate of drug-likeness (QED) is 0.563. The van der Waals surface area contributed by atoms with Gasteiger partial charge in [0, 0.05) is 63.7 Å². The highest BCUT2D eigenvalue weighted by Crippen LogP contribution is 2.36.